The van der Waals surface area contributed by atoms with Crippen LogP contribution in [0.3, 0.4) is 0 Å². The van der Waals surface area contributed by atoms with Gasteiger partial charge in [0.1, 0.15) is 0 Å². The van der Waals surface area contributed by atoms with Crippen LogP contribution in [0.1, 0.15) is 39.0 Å². The first-order chi connectivity index (χ1) is 6.83. The highest BCUT2D eigenvalue weighted by Crippen LogP contribution is 2.25. The van der Waals surface area contributed by atoms with Gasteiger partial charge in [-0.2, -0.15) is 0 Å². The lowest BCUT2D eigenvalue weighted by atomic mass is 10.1. The molecular weight excluding hydrogens is 176 g/mol. The zero-order valence-electron chi connectivity index (χ0n) is 8.88. The van der Waals surface area contributed by atoms with Crippen molar-refractivity contribution in [2.75, 3.05) is 6.54 Å². The van der Waals surface area contributed by atoms with Gasteiger partial charge in [-0.1, -0.05) is 25.8 Å². The van der Waals surface area contributed by atoms with Crippen molar-refractivity contribution >= 4 is 6.03 Å². The van der Waals surface area contributed by atoms with E-state index in [2.05, 4.69) is 16.7 Å². The molecule has 1 rings (SSSR count). The normalized spacial score (nSPS) is 17.5. The van der Waals surface area contributed by atoms with Crippen LogP contribution in [-0.4, -0.2) is 12.6 Å². The van der Waals surface area contributed by atoms with Crippen molar-refractivity contribution in [2.24, 2.45) is 5.92 Å². The van der Waals surface area contributed by atoms with Crippen LogP contribution >= 0.6 is 0 Å². The number of rotatable bonds is 4. The van der Waals surface area contributed by atoms with Crippen LogP contribution in [-0.2, 0) is 0 Å². The average molecular weight is 196 g/mol. The van der Waals surface area contributed by atoms with Crippen molar-refractivity contribution in [3.63, 3.8) is 0 Å². The van der Waals surface area contributed by atoms with Gasteiger partial charge in [0.15, 0.2) is 0 Å². The molecule has 0 atom stereocenters. The van der Waals surface area contributed by atoms with E-state index in [1.165, 1.54) is 25.7 Å². The van der Waals surface area contributed by atoms with Gasteiger partial charge in [0, 0.05) is 12.7 Å². The summed E-state index contributed by atoms with van der Waals surface area (Å²) in [6.07, 6.45) is 10.1. The Labute approximate surface area is 86.0 Å². The van der Waals surface area contributed by atoms with Gasteiger partial charge in [-0.25, -0.2) is 4.79 Å². The van der Waals surface area contributed by atoms with Gasteiger partial charge in [-0.15, -0.1) is 0 Å². The van der Waals surface area contributed by atoms with Gasteiger partial charge in [-0.3, -0.25) is 0 Å². The summed E-state index contributed by atoms with van der Waals surface area (Å²) in [5, 5.41) is 5.47. The number of hydrogen-bond acceptors (Lipinski definition) is 1. The molecule has 0 heterocycles. The first-order valence-corrected chi connectivity index (χ1v) is 5.54. The first kappa shape index (κ1) is 11.1. The van der Waals surface area contributed by atoms with Gasteiger partial charge in [0.25, 0.3) is 0 Å². The minimum absolute atomic E-state index is 0.0962. The van der Waals surface area contributed by atoms with Crippen LogP contribution < -0.4 is 10.6 Å². The van der Waals surface area contributed by atoms with Crippen molar-refractivity contribution < 1.29 is 4.79 Å². The molecule has 80 valence electrons. The maximum Gasteiger partial charge on any atom is 0.318 e. The third-order valence-electron chi connectivity index (χ3n) is 2.52. The predicted octanol–water partition coefficient (Wildman–Crippen LogP) is 2.40. The average Bonchev–Trinajstić information content (AvgIpc) is 2.67. The number of amides is 2. The van der Waals surface area contributed by atoms with E-state index in [1.54, 1.807) is 6.20 Å². The van der Waals surface area contributed by atoms with Crippen molar-refractivity contribution in [1.29, 1.82) is 0 Å². The molecule has 2 amide bonds. The van der Waals surface area contributed by atoms with Crippen LogP contribution in [0.4, 0.5) is 4.79 Å². The molecule has 1 saturated carbocycles. The summed E-state index contributed by atoms with van der Waals surface area (Å²) in [5.74, 6) is 0.682. The summed E-state index contributed by atoms with van der Waals surface area (Å²) in [4.78, 5) is 11.1. The molecule has 1 aliphatic carbocycles. The zero-order valence-corrected chi connectivity index (χ0v) is 8.88. The predicted molar refractivity (Wildman–Crippen MR) is 57.9 cm³/mol. The molecule has 0 aromatic rings. The Kier molecular flexibility index (Phi) is 5.12. The van der Waals surface area contributed by atoms with Crippen molar-refractivity contribution in [3.8, 4) is 0 Å². The molecule has 3 heteroatoms. The molecule has 1 aliphatic rings. The van der Waals surface area contributed by atoms with Gasteiger partial charge >= 0.3 is 6.03 Å². The number of urea groups is 1. The zero-order chi connectivity index (χ0) is 10.2. The van der Waals surface area contributed by atoms with Gasteiger partial charge in [-0.05, 0) is 25.2 Å². The van der Waals surface area contributed by atoms with Crippen LogP contribution in [0.15, 0.2) is 12.3 Å². The Bertz CT molecular complexity index is 195. The van der Waals surface area contributed by atoms with Gasteiger partial charge in [0.2, 0.25) is 0 Å². The largest absolute Gasteiger partial charge is 0.338 e. The van der Waals surface area contributed by atoms with E-state index in [4.69, 9.17) is 0 Å². The number of carbonyl (C=O) groups excluding carboxylic acids is 1. The van der Waals surface area contributed by atoms with Crippen molar-refractivity contribution in [1.82, 2.24) is 10.6 Å². The second-order valence-electron chi connectivity index (χ2n) is 3.80. The summed E-state index contributed by atoms with van der Waals surface area (Å²) in [5.41, 5.74) is 0. The highest BCUT2D eigenvalue weighted by atomic mass is 16.2. The molecule has 3 nitrogen and oxygen atoms in total. The Balaban J connectivity index is 2.08. The van der Waals surface area contributed by atoms with Crippen LogP contribution in [0.2, 0.25) is 0 Å². The van der Waals surface area contributed by atoms with Gasteiger partial charge in [0.05, 0.1) is 0 Å². The SMILES string of the molecule is CCCNC(=O)N/C=C/C1CCCC1. The van der Waals surface area contributed by atoms with Crippen molar-refractivity contribution in [2.45, 2.75) is 39.0 Å². The molecule has 1 fully saturated rings. The smallest absolute Gasteiger partial charge is 0.318 e. The second-order valence-corrected chi connectivity index (χ2v) is 3.80. The molecule has 0 aliphatic heterocycles. The third-order valence-corrected chi connectivity index (χ3v) is 2.52. The van der Waals surface area contributed by atoms with Crippen LogP contribution in [0, 0.1) is 5.92 Å². The Morgan fingerprint density at radius 1 is 1.43 bits per heavy atom. The number of allylic oxidation sites excluding steroid dienone is 1. The lowest BCUT2D eigenvalue weighted by Crippen LogP contribution is -2.32. The molecule has 14 heavy (non-hydrogen) atoms. The van der Waals surface area contributed by atoms with Crippen LogP contribution in [0.5, 0.6) is 0 Å². The summed E-state index contributed by atoms with van der Waals surface area (Å²) in [6.45, 7) is 2.78. The first-order valence-electron chi connectivity index (χ1n) is 5.54. The van der Waals surface area contributed by atoms with Crippen LogP contribution in [0.25, 0.3) is 0 Å². The van der Waals surface area contributed by atoms with E-state index in [9.17, 15) is 4.79 Å². The minimum Gasteiger partial charge on any atom is -0.338 e. The summed E-state index contributed by atoms with van der Waals surface area (Å²) in [7, 11) is 0. The fourth-order valence-electron chi connectivity index (χ4n) is 1.70. The molecule has 2 N–H and O–H groups in total. The van der Waals surface area contributed by atoms with E-state index in [0.29, 0.717) is 5.92 Å². The van der Waals surface area contributed by atoms with E-state index in [-0.39, 0.29) is 6.03 Å². The molecule has 0 saturated heterocycles. The highest BCUT2D eigenvalue weighted by molar-refractivity contribution is 5.74. The van der Waals surface area contributed by atoms with Crippen molar-refractivity contribution in [3.05, 3.63) is 12.3 Å². The lowest BCUT2D eigenvalue weighted by Gasteiger charge is -2.03. The van der Waals surface area contributed by atoms with E-state index in [0.717, 1.165) is 13.0 Å². The minimum atomic E-state index is -0.0962. The maximum absolute atomic E-state index is 11.1. The molecule has 0 aromatic heterocycles. The fraction of sp³-hybridized carbons (Fsp3) is 0.727. The number of nitrogens with one attached hydrogen (secondary N) is 2. The quantitative estimate of drug-likeness (QED) is 0.712. The monoisotopic (exact) mass is 196 g/mol. The molecule has 0 aromatic carbocycles. The molecule has 0 radical (unpaired) electrons. The fourth-order valence-corrected chi connectivity index (χ4v) is 1.70. The lowest BCUT2D eigenvalue weighted by molar-refractivity contribution is 0.244. The van der Waals surface area contributed by atoms with Gasteiger partial charge < -0.3 is 10.6 Å². The maximum atomic E-state index is 11.1. The molecular formula is C11H20N2O. The summed E-state index contributed by atoms with van der Waals surface area (Å²) >= 11 is 0. The Morgan fingerprint density at radius 2 is 2.14 bits per heavy atom. The summed E-state index contributed by atoms with van der Waals surface area (Å²) < 4.78 is 0. The molecule has 0 bridgehead atoms. The third kappa shape index (κ3) is 4.30. The second kappa shape index (κ2) is 6.46. The van der Waals surface area contributed by atoms with E-state index < -0.39 is 0 Å². The summed E-state index contributed by atoms with van der Waals surface area (Å²) in [6, 6.07) is -0.0962. The topological polar surface area (TPSA) is 41.1 Å². The Hall–Kier alpha value is -0.990. The number of hydrogen-bond donors (Lipinski definition) is 2. The van der Waals surface area contributed by atoms with E-state index >= 15 is 0 Å². The standard InChI is InChI=1S/C11H20N2O/c1-2-8-12-11(14)13-9-7-10-5-3-4-6-10/h7,9-10H,2-6,8H2,1H3,(H2,12,13,14)/b9-7+. The highest BCUT2D eigenvalue weighted by Gasteiger charge is 2.10. The molecule has 0 unspecified atom stereocenters. The Morgan fingerprint density at radius 3 is 2.79 bits per heavy atom. The van der Waals surface area contributed by atoms with E-state index in [1.807, 2.05) is 6.92 Å². The number of carbonyl (C=O) groups is 1. The molecule has 0 spiro atoms.